The molecule has 0 bridgehead atoms. The Labute approximate surface area is 136 Å². The standard InChI is InChI=1S/C16H26BrN3O/c1-11(2)20(10-15(18)21)14-8-13(17)7-6-12(14)9-19-16(3,4)5/h6-8,11,19H,9-10H2,1-5H3,(H2,18,21). The molecule has 0 saturated heterocycles. The minimum atomic E-state index is -0.321. The summed E-state index contributed by atoms with van der Waals surface area (Å²) in [7, 11) is 0. The van der Waals surface area contributed by atoms with E-state index in [-0.39, 0.29) is 24.0 Å². The highest BCUT2D eigenvalue weighted by Gasteiger charge is 2.18. The Bertz CT molecular complexity index is 495. The van der Waals surface area contributed by atoms with Gasteiger partial charge in [-0.1, -0.05) is 22.0 Å². The number of rotatable bonds is 6. The highest BCUT2D eigenvalue weighted by molar-refractivity contribution is 9.10. The molecule has 1 aromatic rings. The van der Waals surface area contributed by atoms with Crippen LogP contribution in [-0.2, 0) is 11.3 Å². The van der Waals surface area contributed by atoms with Gasteiger partial charge >= 0.3 is 0 Å². The molecule has 3 N–H and O–H groups in total. The topological polar surface area (TPSA) is 58.4 Å². The van der Waals surface area contributed by atoms with Gasteiger partial charge in [-0.15, -0.1) is 0 Å². The number of hydrogen-bond donors (Lipinski definition) is 2. The van der Waals surface area contributed by atoms with Gasteiger partial charge in [0.05, 0.1) is 6.54 Å². The molecule has 1 aromatic carbocycles. The van der Waals surface area contributed by atoms with Crippen LogP contribution in [0.15, 0.2) is 22.7 Å². The molecule has 0 aliphatic rings. The molecule has 1 amide bonds. The lowest BCUT2D eigenvalue weighted by Gasteiger charge is -2.31. The number of primary amides is 1. The summed E-state index contributed by atoms with van der Waals surface area (Å²) in [4.78, 5) is 13.4. The predicted octanol–water partition coefficient (Wildman–Crippen LogP) is 3.04. The molecule has 0 radical (unpaired) electrons. The fourth-order valence-corrected chi connectivity index (χ4v) is 2.38. The van der Waals surface area contributed by atoms with Gasteiger partial charge in [0, 0.05) is 28.3 Å². The first-order valence-electron chi connectivity index (χ1n) is 7.18. The van der Waals surface area contributed by atoms with E-state index in [1.54, 1.807) is 0 Å². The molecule has 0 unspecified atom stereocenters. The number of carbonyl (C=O) groups excluding carboxylic acids is 1. The van der Waals surface area contributed by atoms with Crippen LogP contribution in [0, 0.1) is 0 Å². The van der Waals surface area contributed by atoms with Crippen molar-refractivity contribution in [1.82, 2.24) is 5.32 Å². The SMILES string of the molecule is CC(C)N(CC(N)=O)c1cc(Br)ccc1CNC(C)(C)C. The van der Waals surface area contributed by atoms with Crippen molar-refractivity contribution in [3.8, 4) is 0 Å². The second-order valence-corrected chi connectivity index (χ2v) is 7.48. The van der Waals surface area contributed by atoms with Gasteiger partial charge in [-0.25, -0.2) is 0 Å². The molecule has 4 nitrogen and oxygen atoms in total. The van der Waals surface area contributed by atoms with Crippen molar-refractivity contribution >= 4 is 27.5 Å². The Hall–Kier alpha value is -1.07. The van der Waals surface area contributed by atoms with Gasteiger partial charge in [0.2, 0.25) is 5.91 Å². The fraction of sp³-hybridized carbons (Fsp3) is 0.562. The third kappa shape index (κ3) is 6.06. The first kappa shape index (κ1) is 18.0. The summed E-state index contributed by atoms with van der Waals surface area (Å²) in [6.45, 7) is 11.5. The average molecular weight is 356 g/mol. The molecule has 0 spiro atoms. The Balaban J connectivity index is 3.12. The highest BCUT2D eigenvalue weighted by Crippen LogP contribution is 2.27. The third-order valence-corrected chi connectivity index (χ3v) is 3.61. The van der Waals surface area contributed by atoms with Gasteiger partial charge in [0.25, 0.3) is 0 Å². The van der Waals surface area contributed by atoms with E-state index in [1.165, 1.54) is 0 Å². The van der Waals surface area contributed by atoms with E-state index >= 15 is 0 Å². The minimum absolute atomic E-state index is 0.0384. The summed E-state index contributed by atoms with van der Waals surface area (Å²) < 4.78 is 0.993. The van der Waals surface area contributed by atoms with Crippen LogP contribution >= 0.6 is 15.9 Å². The van der Waals surface area contributed by atoms with Gasteiger partial charge < -0.3 is 16.0 Å². The quantitative estimate of drug-likeness (QED) is 0.824. The van der Waals surface area contributed by atoms with Crippen LogP contribution in [0.5, 0.6) is 0 Å². The number of nitrogens with two attached hydrogens (primary N) is 1. The van der Waals surface area contributed by atoms with Crippen molar-refractivity contribution in [2.75, 3.05) is 11.4 Å². The molecule has 21 heavy (non-hydrogen) atoms. The van der Waals surface area contributed by atoms with Crippen LogP contribution in [-0.4, -0.2) is 24.0 Å². The molecule has 1 rings (SSSR count). The number of nitrogens with one attached hydrogen (secondary N) is 1. The van der Waals surface area contributed by atoms with Crippen LogP contribution in [0.2, 0.25) is 0 Å². The number of anilines is 1. The molecule has 0 heterocycles. The van der Waals surface area contributed by atoms with Crippen LogP contribution < -0.4 is 16.0 Å². The first-order valence-corrected chi connectivity index (χ1v) is 7.98. The maximum Gasteiger partial charge on any atom is 0.236 e. The van der Waals surface area contributed by atoms with Crippen LogP contribution in [0.4, 0.5) is 5.69 Å². The smallest absolute Gasteiger partial charge is 0.236 e. The van der Waals surface area contributed by atoms with Crippen LogP contribution in [0.25, 0.3) is 0 Å². The molecular weight excluding hydrogens is 330 g/mol. The summed E-state index contributed by atoms with van der Waals surface area (Å²) in [5, 5.41) is 3.49. The van der Waals surface area contributed by atoms with Crippen molar-refractivity contribution in [1.29, 1.82) is 0 Å². The number of halogens is 1. The molecule has 0 saturated carbocycles. The number of nitrogens with zero attached hydrogens (tertiary/aromatic N) is 1. The van der Waals surface area contributed by atoms with Gasteiger partial charge in [-0.2, -0.15) is 0 Å². The fourth-order valence-electron chi connectivity index (χ4n) is 2.03. The van der Waals surface area contributed by atoms with Gasteiger partial charge in [-0.05, 0) is 52.3 Å². The molecule has 0 aliphatic carbocycles. The van der Waals surface area contributed by atoms with Crippen molar-refractivity contribution < 1.29 is 4.79 Å². The molecule has 0 atom stereocenters. The van der Waals surface area contributed by atoms with E-state index in [9.17, 15) is 4.79 Å². The number of carbonyl (C=O) groups is 1. The molecule has 118 valence electrons. The second kappa shape index (κ2) is 7.27. The van der Waals surface area contributed by atoms with Crippen molar-refractivity contribution in [3.05, 3.63) is 28.2 Å². The monoisotopic (exact) mass is 355 g/mol. The maximum absolute atomic E-state index is 11.4. The zero-order chi connectivity index (χ0) is 16.2. The van der Waals surface area contributed by atoms with E-state index < -0.39 is 0 Å². The zero-order valence-corrected chi connectivity index (χ0v) is 15.1. The number of benzene rings is 1. The first-order chi connectivity index (χ1) is 9.60. The Morgan fingerprint density at radius 2 is 2.00 bits per heavy atom. The maximum atomic E-state index is 11.4. The number of hydrogen-bond acceptors (Lipinski definition) is 3. The Kier molecular flexibility index (Phi) is 6.23. The summed E-state index contributed by atoms with van der Waals surface area (Å²) in [6, 6.07) is 6.34. The van der Waals surface area contributed by atoms with E-state index in [4.69, 9.17) is 5.73 Å². The molecular formula is C16H26BrN3O. The lowest BCUT2D eigenvalue weighted by atomic mass is 10.1. The summed E-state index contributed by atoms with van der Waals surface area (Å²) in [5.41, 5.74) is 7.62. The van der Waals surface area contributed by atoms with E-state index in [0.717, 1.165) is 22.3 Å². The minimum Gasteiger partial charge on any atom is -0.368 e. The van der Waals surface area contributed by atoms with Crippen LogP contribution in [0.1, 0.15) is 40.2 Å². The van der Waals surface area contributed by atoms with Gasteiger partial charge in [-0.3, -0.25) is 4.79 Å². The normalized spacial score (nSPS) is 11.8. The van der Waals surface area contributed by atoms with Crippen molar-refractivity contribution in [3.63, 3.8) is 0 Å². The van der Waals surface area contributed by atoms with Gasteiger partial charge in [0.15, 0.2) is 0 Å². The Morgan fingerprint density at radius 3 is 2.48 bits per heavy atom. The predicted molar refractivity (Wildman–Crippen MR) is 92.4 cm³/mol. The highest BCUT2D eigenvalue weighted by atomic mass is 79.9. The van der Waals surface area contributed by atoms with Crippen molar-refractivity contribution in [2.24, 2.45) is 5.73 Å². The molecule has 0 aliphatic heterocycles. The van der Waals surface area contributed by atoms with Crippen molar-refractivity contribution in [2.45, 2.75) is 52.7 Å². The second-order valence-electron chi connectivity index (χ2n) is 6.56. The molecule has 5 heteroatoms. The zero-order valence-electron chi connectivity index (χ0n) is 13.5. The lowest BCUT2D eigenvalue weighted by Crippen LogP contribution is -2.40. The van der Waals surface area contributed by atoms with E-state index in [0.29, 0.717) is 0 Å². The van der Waals surface area contributed by atoms with E-state index in [1.807, 2.05) is 17.0 Å². The molecule has 0 fully saturated rings. The third-order valence-electron chi connectivity index (χ3n) is 3.12. The van der Waals surface area contributed by atoms with E-state index in [2.05, 4.69) is 61.9 Å². The van der Waals surface area contributed by atoms with Gasteiger partial charge in [0.1, 0.15) is 0 Å². The lowest BCUT2D eigenvalue weighted by molar-refractivity contribution is -0.116. The largest absolute Gasteiger partial charge is 0.368 e. The number of amides is 1. The summed E-state index contributed by atoms with van der Waals surface area (Å²) >= 11 is 3.51. The summed E-state index contributed by atoms with van der Waals surface area (Å²) in [6.07, 6.45) is 0. The molecule has 0 aromatic heterocycles. The van der Waals surface area contributed by atoms with Crippen LogP contribution in [0.3, 0.4) is 0 Å². The summed E-state index contributed by atoms with van der Waals surface area (Å²) in [5.74, 6) is -0.321. The average Bonchev–Trinajstić information content (AvgIpc) is 2.32. The Morgan fingerprint density at radius 1 is 1.38 bits per heavy atom.